The highest BCUT2D eigenvalue weighted by molar-refractivity contribution is 5.85. The van der Waals surface area contributed by atoms with E-state index in [1.165, 1.54) is 0 Å². The first-order chi connectivity index (χ1) is 9.40. The van der Waals surface area contributed by atoms with Gasteiger partial charge >= 0.3 is 0 Å². The SMILES string of the molecule is CC(C)N=C=NC(C)C.CCN=C=NCCCN(C)C.Cl. The van der Waals surface area contributed by atoms with Crippen LogP contribution >= 0.6 is 12.4 Å². The van der Waals surface area contributed by atoms with Gasteiger partial charge in [-0.05, 0) is 61.7 Å². The summed E-state index contributed by atoms with van der Waals surface area (Å²) in [7, 11) is 4.12. The average molecular weight is 318 g/mol. The van der Waals surface area contributed by atoms with Gasteiger partial charge in [-0.1, -0.05) is 0 Å². The summed E-state index contributed by atoms with van der Waals surface area (Å²) in [5.74, 6) is 0. The molecule has 0 saturated heterocycles. The molecule has 0 fully saturated rings. The average Bonchev–Trinajstić information content (AvgIpc) is 2.33. The van der Waals surface area contributed by atoms with Gasteiger partial charge in [0.2, 0.25) is 0 Å². The van der Waals surface area contributed by atoms with Crippen LogP contribution in [-0.4, -0.2) is 62.7 Å². The first-order valence-electron chi connectivity index (χ1n) is 7.27. The van der Waals surface area contributed by atoms with Gasteiger partial charge in [0.1, 0.15) is 0 Å². The zero-order chi connectivity index (χ0) is 15.8. The minimum Gasteiger partial charge on any atom is -0.309 e. The topological polar surface area (TPSA) is 52.7 Å². The standard InChI is InChI=1S/C8H17N3.C7H14N2.ClH/c1-4-9-8-10-6-5-7-11(2)3;1-6(2)8-5-9-7(3)4;/h4-7H2,1-3H3;6-7H,1-4H3;1H. The van der Waals surface area contributed by atoms with Gasteiger partial charge in [0, 0.05) is 6.54 Å². The van der Waals surface area contributed by atoms with Gasteiger partial charge in [-0.2, -0.15) is 0 Å². The zero-order valence-electron chi connectivity index (χ0n) is 14.6. The van der Waals surface area contributed by atoms with Crippen LogP contribution in [0.3, 0.4) is 0 Å². The predicted molar refractivity (Wildman–Crippen MR) is 95.8 cm³/mol. The highest BCUT2D eigenvalue weighted by atomic mass is 35.5. The molecule has 0 unspecified atom stereocenters. The maximum absolute atomic E-state index is 3.99. The number of rotatable bonds is 7. The van der Waals surface area contributed by atoms with Gasteiger partial charge in [0.15, 0.2) is 0 Å². The van der Waals surface area contributed by atoms with E-state index in [4.69, 9.17) is 0 Å². The van der Waals surface area contributed by atoms with Crippen LogP contribution in [0.15, 0.2) is 20.0 Å². The summed E-state index contributed by atoms with van der Waals surface area (Å²) in [5, 5.41) is 0. The quantitative estimate of drug-likeness (QED) is 0.523. The Bertz CT molecular complexity index is 313. The smallest absolute Gasteiger partial charge is 0.0897 e. The van der Waals surface area contributed by atoms with E-state index in [-0.39, 0.29) is 12.4 Å². The Labute approximate surface area is 136 Å². The van der Waals surface area contributed by atoms with Crippen LogP contribution in [0.5, 0.6) is 0 Å². The van der Waals surface area contributed by atoms with E-state index in [1.807, 2.05) is 34.6 Å². The summed E-state index contributed by atoms with van der Waals surface area (Å²) in [6, 6.07) is 5.90. The van der Waals surface area contributed by atoms with Gasteiger partial charge in [-0.25, -0.2) is 20.0 Å². The third-order valence-electron chi connectivity index (χ3n) is 1.81. The molecule has 0 aromatic heterocycles. The van der Waals surface area contributed by atoms with E-state index in [2.05, 4.69) is 51.0 Å². The Balaban J connectivity index is -0.000000300. The van der Waals surface area contributed by atoms with E-state index in [1.54, 1.807) is 0 Å². The largest absolute Gasteiger partial charge is 0.309 e. The molecule has 0 aliphatic carbocycles. The molecular formula is C15H32ClN5. The predicted octanol–water partition coefficient (Wildman–Crippen LogP) is 3.53. The molecule has 0 aromatic carbocycles. The molecule has 0 aliphatic heterocycles. The Hall–Kier alpha value is -0.990. The second-order valence-corrected chi connectivity index (χ2v) is 5.16. The van der Waals surface area contributed by atoms with Crippen molar-refractivity contribution < 1.29 is 0 Å². The van der Waals surface area contributed by atoms with E-state index in [9.17, 15) is 0 Å². The van der Waals surface area contributed by atoms with Crippen molar-refractivity contribution in [2.24, 2.45) is 20.0 Å². The maximum Gasteiger partial charge on any atom is 0.0897 e. The molecule has 5 nitrogen and oxygen atoms in total. The second-order valence-electron chi connectivity index (χ2n) is 5.16. The number of aliphatic imine (C=N–C) groups is 4. The van der Waals surface area contributed by atoms with Gasteiger partial charge in [0.25, 0.3) is 0 Å². The van der Waals surface area contributed by atoms with E-state index >= 15 is 0 Å². The minimum absolute atomic E-state index is 0. The number of hydrogen-bond acceptors (Lipinski definition) is 5. The number of hydrogen-bond donors (Lipinski definition) is 0. The van der Waals surface area contributed by atoms with Crippen molar-refractivity contribution in [3.63, 3.8) is 0 Å². The van der Waals surface area contributed by atoms with E-state index in [0.717, 1.165) is 26.1 Å². The summed E-state index contributed by atoms with van der Waals surface area (Å²) in [4.78, 5) is 17.9. The fraction of sp³-hybridized carbons (Fsp3) is 0.867. The molecule has 0 radical (unpaired) electrons. The molecule has 21 heavy (non-hydrogen) atoms. The normalized spacial score (nSPS) is 9.05. The van der Waals surface area contributed by atoms with Crippen molar-refractivity contribution in [1.82, 2.24) is 4.90 Å². The molecule has 0 spiro atoms. The Morgan fingerprint density at radius 1 is 0.905 bits per heavy atom. The lowest BCUT2D eigenvalue weighted by molar-refractivity contribution is 0.403. The highest BCUT2D eigenvalue weighted by Crippen LogP contribution is 1.84. The lowest BCUT2D eigenvalue weighted by Gasteiger charge is -2.05. The third-order valence-corrected chi connectivity index (χ3v) is 1.81. The summed E-state index contributed by atoms with van der Waals surface area (Å²) >= 11 is 0. The summed E-state index contributed by atoms with van der Waals surface area (Å²) in [5.41, 5.74) is 0. The highest BCUT2D eigenvalue weighted by Gasteiger charge is 1.86. The Kier molecular flexibility index (Phi) is 22.6. The van der Waals surface area contributed by atoms with Crippen molar-refractivity contribution in [2.45, 2.75) is 53.1 Å². The van der Waals surface area contributed by atoms with Crippen LogP contribution in [-0.2, 0) is 0 Å². The molecule has 0 rings (SSSR count). The third kappa shape index (κ3) is 32.5. The van der Waals surface area contributed by atoms with Gasteiger partial charge < -0.3 is 4.90 Å². The van der Waals surface area contributed by atoms with Crippen molar-refractivity contribution in [3.8, 4) is 0 Å². The fourth-order valence-electron chi connectivity index (χ4n) is 0.901. The molecule has 0 bridgehead atoms. The lowest BCUT2D eigenvalue weighted by atomic mass is 10.4. The molecule has 0 aliphatic rings. The molecule has 124 valence electrons. The number of nitrogens with zero attached hydrogens (tertiary/aromatic N) is 5. The van der Waals surface area contributed by atoms with E-state index in [0.29, 0.717) is 12.1 Å². The van der Waals surface area contributed by atoms with Crippen LogP contribution in [0.2, 0.25) is 0 Å². The van der Waals surface area contributed by atoms with Crippen LogP contribution in [0.25, 0.3) is 0 Å². The van der Waals surface area contributed by atoms with Gasteiger partial charge in [-0.3, -0.25) is 0 Å². The summed E-state index contributed by atoms with van der Waals surface area (Å²) < 4.78 is 0. The summed E-state index contributed by atoms with van der Waals surface area (Å²) in [6.45, 7) is 12.7. The van der Waals surface area contributed by atoms with Crippen LogP contribution in [0, 0.1) is 0 Å². The zero-order valence-corrected chi connectivity index (χ0v) is 15.4. The monoisotopic (exact) mass is 317 g/mol. The van der Waals surface area contributed by atoms with Gasteiger partial charge in [-0.15, -0.1) is 12.4 Å². The van der Waals surface area contributed by atoms with Crippen molar-refractivity contribution in [2.75, 3.05) is 33.7 Å². The fourth-order valence-corrected chi connectivity index (χ4v) is 0.901. The lowest BCUT2D eigenvalue weighted by Crippen LogP contribution is -2.13. The maximum atomic E-state index is 3.99. The number of halogens is 1. The molecule has 6 heteroatoms. The van der Waals surface area contributed by atoms with Crippen LogP contribution < -0.4 is 0 Å². The summed E-state index contributed by atoms with van der Waals surface area (Å²) in [6.07, 6.45) is 1.08. The van der Waals surface area contributed by atoms with E-state index < -0.39 is 0 Å². The molecule has 0 saturated carbocycles. The first-order valence-corrected chi connectivity index (χ1v) is 7.27. The van der Waals surface area contributed by atoms with Crippen LogP contribution in [0.4, 0.5) is 0 Å². The minimum atomic E-state index is 0. The molecule has 0 heterocycles. The molecule has 0 aromatic rings. The molecular weight excluding hydrogens is 286 g/mol. The Morgan fingerprint density at radius 3 is 1.81 bits per heavy atom. The van der Waals surface area contributed by atoms with Gasteiger partial charge in [0.05, 0.1) is 30.6 Å². The van der Waals surface area contributed by atoms with Crippen molar-refractivity contribution in [1.29, 1.82) is 0 Å². The van der Waals surface area contributed by atoms with Crippen molar-refractivity contribution >= 4 is 24.4 Å². The molecule has 0 N–H and O–H groups in total. The second kappa shape index (κ2) is 19.0. The van der Waals surface area contributed by atoms with Crippen LogP contribution in [0.1, 0.15) is 41.0 Å². The molecule has 0 amide bonds. The Morgan fingerprint density at radius 2 is 1.43 bits per heavy atom. The molecule has 0 atom stereocenters. The first kappa shape index (κ1) is 25.0. The van der Waals surface area contributed by atoms with Crippen molar-refractivity contribution in [3.05, 3.63) is 0 Å².